The van der Waals surface area contributed by atoms with Crippen molar-refractivity contribution in [2.24, 2.45) is 0 Å². The number of esters is 1. The summed E-state index contributed by atoms with van der Waals surface area (Å²) in [5, 5.41) is 8.08. The summed E-state index contributed by atoms with van der Waals surface area (Å²) in [6.07, 6.45) is 1.71. The normalized spacial score (nSPS) is 10.3. The molecule has 0 bridgehead atoms. The highest BCUT2D eigenvalue weighted by Crippen LogP contribution is 2.21. The SMILES string of the molecule is COC(=O)c1ccc(-n2nncc2-c2ccccc2)cc1. The molecule has 5 heteroatoms. The van der Waals surface area contributed by atoms with Gasteiger partial charge in [-0.2, -0.15) is 0 Å². The fourth-order valence-electron chi connectivity index (χ4n) is 2.09. The molecule has 104 valence electrons. The minimum atomic E-state index is -0.358. The van der Waals surface area contributed by atoms with Gasteiger partial charge in [0.2, 0.25) is 0 Å². The minimum Gasteiger partial charge on any atom is -0.465 e. The molecule has 21 heavy (non-hydrogen) atoms. The third-order valence-corrected chi connectivity index (χ3v) is 3.15. The molecule has 0 aliphatic heterocycles. The molecule has 0 saturated carbocycles. The average molecular weight is 279 g/mol. The van der Waals surface area contributed by atoms with Crippen LogP contribution in [0.2, 0.25) is 0 Å². The van der Waals surface area contributed by atoms with E-state index in [0.29, 0.717) is 5.56 Å². The molecule has 0 amide bonds. The van der Waals surface area contributed by atoms with E-state index in [0.717, 1.165) is 16.9 Å². The topological polar surface area (TPSA) is 57.0 Å². The number of carbonyl (C=O) groups excluding carboxylic acids is 1. The maximum atomic E-state index is 11.4. The highest BCUT2D eigenvalue weighted by Gasteiger charge is 2.10. The molecule has 0 aliphatic carbocycles. The lowest BCUT2D eigenvalue weighted by molar-refractivity contribution is 0.0601. The molecule has 0 aliphatic rings. The van der Waals surface area contributed by atoms with Crippen molar-refractivity contribution in [1.82, 2.24) is 15.0 Å². The van der Waals surface area contributed by atoms with Crippen molar-refractivity contribution in [1.29, 1.82) is 0 Å². The summed E-state index contributed by atoms with van der Waals surface area (Å²) in [5.74, 6) is -0.358. The molecule has 1 heterocycles. The first-order valence-corrected chi connectivity index (χ1v) is 6.44. The van der Waals surface area contributed by atoms with Crippen LogP contribution in [0.15, 0.2) is 60.8 Å². The number of methoxy groups -OCH3 is 1. The van der Waals surface area contributed by atoms with Crippen LogP contribution < -0.4 is 0 Å². The van der Waals surface area contributed by atoms with E-state index in [1.807, 2.05) is 42.5 Å². The summed E-state index contributed by atoms with van der Waals surface area (Å²) in [6.45, 7) is 0. The highest BCUT2D eigenvalue weighted by atomic mass is 16.5. The Morgan fingerprint density at radius 3 is 2.43 bits per heavy atom. The summed E-state index contributed by atoms with van der Waals surface area (Å²) in [6, 6.07) is 16.9. The van der Waals surface area contributed by atoms with Crippen molar-refractivity contribution in [3.63, 3.8) is 0 Å². The third kappa shape index (κ3) is 2.53. The van der Waals surface area contributed by atoms with E-state index in [2.05, 4.69) is 15.0 Å². The van der Waals surface area contributed by atoms with Gasteiger partial charge in [-0.3, -0.25) is 0 Å². The van der Waals surface area contributed by atoms with E-state index >= 15 is 0 Å². The molecule has 0 saturated heterocycles. The first-order chi connectivity index (χ1) is 10.3. The van der Waals surface area contributed by atoms with Crippen molar-refractivity contribution in [2.45, 2.75) is 0 Å². The van der Waals surface area contributed by atoms with Gasteiger partial charge in [0, 0.05) is 5.56 Å². The Labute approximate surface area is 121 Å². The standard InChI is InChI=1S/C16H13N3O2/c1-21-16(20)13-7-9-14(10-8-13)19-15(11-17-18-19)12-5-3-2-4-6-12/h2-11H,1H3. The number of aromatic nitrogens is 3. The molecule has 0 unspecified atom stereocenters. The van der Waals surface area contributed by atoms with Crippen molar-refractivity contribution < 1.29 is 9.53 Å². The summed E-state index contributed by atoms with van der Waals surface area (Å²) < 4.78 is 6.42. The van der Waals surface area contributed by atoms with E-state index in [1.54, 1.807) is 23.0 Å². The lowest BCUT2D eigenvalue weighted by atomic mass is 10.1. The van der Waals surface area contributed by atoms with Crippen LogP contribution in [0.1, 0.15) is 10.4 Å². The molecule has 0 fully saturated rings. The summed E-state index contributed by atoms with van der Waals surface area (Å²) in [7, 11) is 1.36. The summed E-state index contributed by atoms with van der Waals surface area (Å²) in [5.41, 5.74) is 3.25. The van der Waals surface area contributed by atoms with Crippen LogP contribution in [-0.4, -0.2) is 28.1 Å². The van der Waals surface area contributed by atoms with Gasteiger partial charge in [0.05, 0.1) is 30.3 Å². The quantitative estimate of drug-likeness (QED) is 0.692. The van der Waals surface area contributed by atoms with Gasteiger partial charge in [0.1, 0.15) is 0 Å². The molecule has 0 atom stereocenters. The molecule has 0 spiro atoms. The van der Waals surface area contributed by atoms with Crippen LogP contribution in [0.3, 0.4) is 0 Å². The Morgan fingerprint density at radius 2 is 1.76 bits per heavy atom. The second-order valence-electron chi connectivity index (χ2n) is 4.44. The monoisotopic (exact) mass is 279 g/mol. The predicted octanol–water partition coefficient (Wildman–Crippen LogP) is 2.72. The number of nitrogens with zero attached hydrogens (tertiary/aromatic N) is 3. The van der Waals surface area contributed by atoms with E-state index in [9.17, 15) is 4.79 Å². The Balaban J connectivity index is 1.99. The van der Waals surface area contributed by atoms with Gasteiger partial charge in [-0.15, -0.1) is 5.10 Å². The van der Waals surface area contributed by atoms with Gasteiger partial charge in [-0.05, 0) is 24.3 Å². The van der Waals surface area contributed by atoms with Crippen molar-refractivity contribution in [2.75, 3.05) is 7.11 Å². The number of ether oxygens (including phenoxy) is 1. The number of hydrogen-bond donors (Lipinski definition) is 0. The number of hydrogen-bond acceptors (Lipinski definition) is 4. The largest absolute Gasteiger partial charge is 0.465 e. The van der Waals surface area contributed by atoms with Gasteiger partial charge < -0.3 is 4.74 Å². The molecule has 3 aromatic rings. The smallest absolute Gasteiger partial charge is 0.337 e. The van der Waals surface area contributed by atoms with Crippen molar-refractivity contribution in [3.05, 3.63) is 66.4 Å². The van der Waals surface area contributed by atoms with Gasteiger partial charge in [0.25, 0.3) is 0 Å². The highest BCUT2D eigenvalue weighted by molar-refractivity contribution is 5.89. The first kappa shape index (κ1) is 13.1. The lowest BCUT2D eigenvalue weighted by Crippen LogP contribution is -2.03. The Morgan fingerprint density at radius 1 is 1.05 bits per heavy atom. The van der Waals surface area contributed by atoms with Crippen LogP contribution in [-0.2, 0) is 4.74 Å². The second kappa shape index (κ2) is 5.58. The minimum absolute atomic E-state index is 0.358. The Hall–Kier alpha value is -2.95. The van der Waals surface area contributed by atoms with Crippen LogP contribution in [0.5, 0.6) is 0 Å². The summed E-state index contributed by atoms with van der Waals surface area (Å²) in [4.78, 5) is 11.4. The number of rotatable bonds is 3. The predicted molar refractivity (Wildman–Crippen MR) is 78.1 cm³/mol. The van der Waals surface area contributed by atoms with Crippen molar-refractivity contribution >= 4 is 5.97 Å². The zero-order valence-electron chi connectivity index (χ0n) is 11.4. The molecule has 2 aromatic carbocycles. The Kier molecular flexibility index (Phi) is 3.47. The van der Waals surface area contributed by atoms with Gasteiger partial charge in [-0.25, -0.2) is 9.48 Å². The fourth-order valence-corrected chi connectivity index (χ4v) is 2.09. The molecule has 1 aromatic heterocycles. The van der Waals surface area contributed by atoms with Gasteiger partial charge in [0.15, 0.2) is 0 Å². The van der Waals surface area contributed by atoms with Crippen molar-refractivity contribution in [3.8, 4) is 16.9 Å². The second-order valence-corrected chi connectivity index (χ2v) is 4.44. The fraction of sp³-hybridized carbons (Fsp3) is 0.0625. The van der Waals surface area contributed by atoms with E-state index in [4.69, 9.17) is 0 Å². The van der Waals surface area contributed by atoms with E-state index < -0.39 is 0 Å². The molecule has 5 nitrogen and oxygen atoms in total. The average Bonchev–Trinajstić information content (AvgIpc) is 3.04. The molecular weight excluding hydrogens is 266 g/mol. The molecule has 0 radical (unpaired) electrons. The maximum Gasteiger partial charge on any atom is 0.337 e. The number of carbonyl (C=O) groups is 1. The van der Waals surface area contributed by atoms with Gasteiger partial charge >= 0.3 is 5.97 Å². The van der Waals surface area contributed by atoms with Crippen LogP contribution >= 0.6 is 0 Å². The summed E-state index contributed by atoms with van der Waals surface area (Å²) >= 11 is 0. The molecular formula is C16H13N3O2. The third-order valence-electron chi connectivity index (χ3n) is 3.15. The van der Waals surface area contributed by atoms with Crippen LogP contribution in [0, 0.1) is 0 Å². The lowest BCUT2D eigenvalue weighted by Gasteiger charge is -2.07. The molecule has 0 N–H and O–H groups in total. The first-order valence-electron chi connectivity index (χ1n) is 6.44. The van der Waals surface area contributed by atoms with Crippen LogP contribution in [0.4, 0.5) is 0 Å². The Bertz CT molecular complexity index is 749. The van der Waals surface area contributed by atoms with E-state index in [-0.39, 0.29) is 5.97 Å². The number of benzene rings is 2. The zero-order chi connectivity index (χ0) is 14.7. The van der Waals surface area contributed by atoms with E-state index in [1.165, 1.54) is 7.11 Å². The maximum absolute atomic E-state index is 11.4. The van der Waals surface area contributed by atoms with Crippen LogP contribution in [0.25, 0.3) is 16.9 Å². The zero-order valence-corrected chi connectivity index (χ0v) is 11.4. The molecule has 3 rings (SSSR count). The van der Waals surface area contributed by atoms with Gasteiger partial charge in [-0.1, -0.05) is 35.5 Å².